The number of nitrogen functional groups attached to an aromatic ring is 1. The zero-order valence-corrected chi connectivity index (χ0v) is 12.8. The molecule has 0 unspecified atom stereocenters. The molecule has 0 fully saturated rings. The van der Waals surface area contributed by atoms with E-state index in [2.05, 4.69) is 38.1 Å². The molecule has 0 spiro atoms. The average molecular weight is 292 g/mol. The van der Waals surface area contributed by atoms with Crippen LogP contribution in [0.2, 0.25) is 5.02 Å². The van der Waals surface area contributed by atoms with Gasteiger partial charge in [0.2, 0.25) is 0 Å². The van der Waals surface area contributed by atoms with Crippen molar-refractivity contribution < 1.29 is 0 Å². The lowest BCUT2D eigenvalue weighted by Gasteiger charge is -2.08. The maximum atomic E-state index is 5.99. The summed E-state index contributed by atoms with van der Waals surface area (Å²) >= 11 is 7.77. The van der Waals surface area contributed by atoms with Crippen molar-refractivity contribution in [1.29, 1.82) is 0 Å². The summed E-state index contributed by atoms with van der Waals surface area (Å²) in [7, 11) is 0. The van der Waals surface area contributed by atoms with E-state index in [4.69, 9.17) is 17.3 Å². The SMILES string of the molecule is CC(C)c1ccc(SCc2cc(Cl)ccc2N)cc1. The highest BCUT2D eigenvalue weighted by atomic mass is 35.5. The van der Waals surface area contributed by atoms with Crippen LogP contribution in [0, 0.1) is 0 Å². The second-order valence-electron chi connectivity index (χ2n) is 4.86. The van der Waals surface area contributed by atoms with Crippen molar-refractivity contribution in [2.75, 3.05) is 5.73 Å². The first kappa shape index (κ1) is 14.3. The fourth-order valence-corrected chi connectivity index (χ4v) is 2.90. The highest BCUT2D eigenvalue weighted by molar-refractivity contribution is 7.98. The maximum Gasteiger partial charge on any atom is 0.0410 e. The van der Waals surface area contributed by atoms with Crippen molar-refractivity contribution in [3.05, 3.63) is 58.6 Å². The van der Waals surface area contributed by atoms with Gasteiger partial charge in [-0.2, -0.15) is 0 Å². The first-order valence-electron chi connectivity index (χ1n) is 6.33. The van der Waals surface area contributed by atoms with Gasteiger partial charge < -0.3 is 5.73 Å². The van der Waals surface area contributed by atoms with E-state index in [0.717, 1.165) is 22.0 Å². The van der Waals surface area contributed by atoms with E-state index in [-0.39, 0.29) is 0 Å². The molecule has 0 radical (unpaired) electrons. The summed E-state index contributed by atoms with van der Waals surface area (Å²) in [5.41, 5.74) is 9.20. The lowest BCUT2D eigenvalue weighted by molar-refractivity contribution is 0.865. The summed E-state index contributed by atoms with van der Waals surface area (Å²) in [6, 6.07) is 14.3. The number of hydrogen-bond acceptors (Lipinski definition) is 2. The lowest BCUT2D eigenvalue weighted by Crippen LogP contribution is -1.92. The Balaban J connectivity index is 2.04. The number of nitrogens with two attached hydrogens (primary N) is 1. The molecule has 0 aliphatic rings. The molecule has 0 aromatic heterocycles. The smallest absolute Gasteiger partial charge is 0.0410 e. The molecule has 0 heterocycles. The van der Waals surface area contributed by atoms with Gasteiger partial charge in [-0.3, -0.25) is 0 Å². The van der Waals surface area contributed by atoms with E-state index >= 15 is 0 Å². The molecule has 19 heavy (non-hydrogen) atoms. The minimum Gasteiger partial charge on any atom is -0.398 e. The highest BCUT2D eigenvalue weighted by Gasteiger charge is 2.03. The zero-order valence-electron chi connectivity index (χ0n) is 11.2. The van der Waals surface area contributed by atoms with Crippen LogP contribution in [0.3, 0.4) is 0 Å². The molecule has 0 atom stereocenters. The third kappa shape index (κ3) is 3.92. The highest BCUT2D eigenvalue weighted by Crippen LogP contribution is 2.28. The van der Waals surface area contributed by atoms with Crippen molar-refractivity contribution in [3.63, 3.8) is 0 Å². The van der Waals surface area contributed by atoms with Gasteiger partial charge in [0.15, 0.2) is 0 Å². The average Bonchev–Trinajstić information content (AvgIpc) is 2.40. The van der Waals surface area contributed by atoms with Gasteiger partial charge in [-0.05, 0) is 47.4 Å². The molecule has 0 saturated heterocycles. The first-order chi connectivity index (χ1) is 9.06. The number of benzene rings is 2. The van der Waals surface area contributed by atoms with Crippen molar-refractivity contribution in [2.45, 2.75) is 30.4 Å². The quantitative estimate of drug-likeness (QED) is 0.608. The van der Waals surface area contributed by atoms with Gasteiger partial charge >= 0.3 is 0 Å². The Kier molecular flexibility index (Phi) is 4.78. The van der Waals surface area contributed by atoms with Crippen LogP contribution < -0.4 is 5.73 Å². The van der Waals surface area contributed by atoms with Crippen LogP contribution >= 0.6 is 23.4 Å². The van der Waals surface area contributed by atoms with Crippen LogP contribution in [0.1, 0.15) is 30.9 Å². The van der Waals surface area contributed by atoms with Crippen LogP contribution in [0.4, 0.5) is 5.69 Å². The molecule has 0 aliphatic heterocycles. The second-order valence-corrected chi connectivity index (χ2v) is 6.34. The molecule has 0 saturated carbocycles. The Bertz CT molecular complexity index is 549. The Hall–Kier alpha value is -1.12. The van der Waals surface area contributed by atoms with Crippen molar-refractivity contribution in [3.8, 4) is 0 Å². The molecular weight excluding hydrogens is 274 g/mol. The third-order valence-electron chi connectivity index (χ3n) is 3.05. The molecule has 1 nitrogen and oxygen atoms in total. The standard InChI is InChI=1S/C16H18ClNS/c1-11(2)12-3-6-15(7-4-12)19-10-13-9-14(17)5-8-16(13)18/h3-9,11H,10,18H2,1-2H3. The van der Waals surface area contributed by atoms with Gasteiger partial charge in [0, 0.05) is 21.4 Å². The van der Waals surface area contributed by atoms with E-state index in [1.54, 1.807) is 11.8 Å². The van der Waals surface area contributed by atoms with Crippen molar-refractivity contribution in [2.24, 2.45) is 0 Å². The number of rotatable bonds is 4. The molecule has 3 heteroatoms. The summed E-state index contributed by atoms with van der Waals surface area (Å²) in [5, 5.41) is 0.736. The Morgan fingerprint density at radius 2 is 1.79 bits per heavy atom. The van der Waals surface area contributed by atoms with Gasteiger partial charge in [0.05, 0.1) is 0 Å². The van der Waals surface area contributed by atoms with E-state index < -0.39 is 0 Å². The van der Waals surface area contributed by atoms with Crippen molar-refractivity contribution >= 4 is 29.1 Å². The van der Waals surface area contributed by atoms with Crippen LogP contribution in [0.15, 0.2) is 47.4 Å². The van der Waals surface area contributed by atoms with Crippen LogP contribution in [-0.4, -0.2) is 0 Å². The summed E-state index contributed by atoms with van der Waals surface area (Å²) in [6.07, 6.45) is 0. The number of thioether (sulfide) groups is 1. The minimum absolute atomic E-state index is 0.572. The molecule has 100 valence electrons. The van der Waals surface area contributed by atoms with E-state index in [0.29, 0.717) is 5.92 Å². The number of halogens is 1. The fourth-order valence-electron chi connectivity index (χ4n) is 1.81. The van der Waals surface area contributed by atoms with Gasteiger partial charge in [-0.15, -0.1) is 11.8 Å². The summed E-state index contributed by atoms with van der Waals surface area (Å²) in [5.74, 6) is 1.41. The predicted molar refractivity (Wildman–Crippen MR) is 86.0 cm³/mol. The summed E-state index contributed by atoms with van der Waals surface area (Å²) in [4.78, 5) is 1.25. The summed E-state index contributed by atoms with van der Waals surface area (Å²) in [6.45, 7) is 4.41. The maximum absolute atomic E-state index is 5.99. The molecule has 2 aromatic carbocycles. The van der Waals surface area contributed by atoms with Crippen LogP contribution in [0.25, 0.3) is 0 Å². The molecule has 2 rings (SSSR count). The second kappa shape index (κ2) is 6.36. The van der Waals surface area contributed by atoms with E-state index in [1.165, 1.54) is 10.5 Å². The van der Waals surface area contributed by atoms with Gasteiger partial charge in [0.1, 0.15) is 0 Å². The molecular formula is C16H18ClNS. The normalized spacial score (nSPS) is 10.9. The molecule has 0 aliphatic carbocycles. The number of anilines is 1. The Labute approximate surface area is 124 Å². The van der Waals surface area contributed by atoms with Crippen LogP contribution in [-0.2, 0) is 5.75 Å². The predicted octanol–water partition coefficient (Wildman–Crippen LogP) is 5.34. The summed E-state index contributed by atoms with van der Waals surface area (Å²) < 4.78 is 0. The monoisotopic (exact) mass is 291 g/mol. The number of hydrogen-bond donors (Lipinski definition) is 1. The molecule has 0 bridgehead atoms. The van der Waals surface area contributed by atoms with E-state index in [9.17, 15) is 0 Å². The third-order valence-corrected chi connectivity index (χ3v) is 4.34. The van der Waals surface area contributed by atoms with Gasteiger partial charge in [-0.1, -0.05) is 37.6 Å². The first-order valence-corrected chi connectivity index (χ1v) is 7.69. The molecule has 0 amide bonds. The van der Waals surface area contributed by atoms with E-state index in [1.807, 2.05) is 18.2 Å². The topological polar surface area (TPSA) is 26.0 Å². The molecule has 2 N–H and O–H groups in total. The van der Waals surface area contributed by atoms with Crippen molar-refractivity contribution in [1.82, 2.24) is 0 Å². The Morgan fingerprint density at radius 1 is 1.11 bits per heavy atom. The lowest BCUT2D eigenvalue weighted by atomic mass is 10.0. The fraction of sp³-hybridized carbons (Fsp3) is 0.250. The van der Waals surface area contributed by atoms with Crippen LogP contribution in [0.5, 0.6) is 0 Å². The zero-order chi connectivity index (χ0) is 13.8. The Morgan fingerprint density at radius 3 is 2.42 bits per heavy atom. The van der Waals surface area contributed by atoms with Gasteiger partial charge in [0.25, 0.3) is 0 Å². The minimum atomic E-state index is 0.572. The van der Waals surface area contributed by atoms with Gasteiger partial charge in [-0.25, -0.2) is 0 Å². The molecule has 2 aromatic rings. The largest absolute Gasteiger partial charge is 0.398 e.